The summed E-state index contributed by atoms with van der Waals surface area (Å²) in [4.78, 5) is 47.8. The van der Waals surface area contributed by atoms with Crippen LogP contribution in [0.25, 0.3) is 0 Å². The van der Waals surface area contributed by atoms with Gasteiger partial charge in [0.25, 0.3) is 0 Å². The summed E-state index contributed by atoms with van der Waals surface area (Å²) in [6.45, 7) is 7.59. The summed E-state index contributed by atoms with van der Waals surface area (Å²) in [5.41, 5.74) is -4.39. The van der Waals surface area contributed by atoms with Gasteiger partial charge in [-0.15, -0.1) is 0 Å². The van der Waals surface area contributed by atoms with Gasteiger partial charge in [-0.25, -0.2) is 4.79 Å². The summed E-state index contributed by atoms with van der Waals surface area (Å²) in [7, 11) is 0. The van der Waals surface area contributed by atoms with E-state index in [0.29, 0.717) is 61.3 Å². The van der Waals surface area contributed by atoms with Crippen molar-refractivity contribution in [1.82, 2.24) is 10.2 Å². The lowest BCUT2D eigenvalue weighted by Crippen LogP contribution is -2.80. The lowest BCUT2D eigenvalue weighted by Gasteiger charge is -2.70. The number of epoxide rings is 1. The molecular weight excluding hydrogens is 889 g/mol. The van der Waals surface area contributed by atoms with Crippen LogP contribution in [0.2, 0.25) is 0 Å². The second-order valence-corrected chi connectivity index (χ2v) is 25.2. The van der Waals surface area contributed by atoms with Gasteiger partial charge in [-0.3, -0.25) is 14.9 Å². The standard InChI is InChI=1S/C57H74N2O11/c1-52(2)45-44(62)46(63)56(36-13-9-12-33(25-36)24-32-10-5-4-6-11-32)43(55(45)30-67-51(65)54(50(55)70-52)19-7-8-20-54)16-21-53(3)47(68-49(64)48-57(53,56)69-48)38-18-23-66-42(38)27-39(41(61)29-60)34-14-15-37-35(26-34)17-22-59-31-58-28-40(37)59/h4-6,10-11,17-18,22-23,33-37,39-41,43,45-48,50,58,60-61,63H,7-9,12-16,19-21,24-31H2,1-3H3/t33-,34+,35-,36+,37+,39+,40-,41-,43-,45-,46-,47+,48-,50+,53+,55-,56+,57-/m1/s1. The van der Waals surface area contributed by atoms with Gasteiger partial charge in [-0.1, -0.05) is 69.0 Å². The number of ether oxygens (including phenoxy) is 4. The Morgan fingerprint density at radius 2 is 1.73 bits per heavy atom. The molecule has 10 fully saturated rings. The molecule has 18 atom stereocenters. The molecule has 1 aromatic heterocycles. The molecule has 70 heavy (non-hydrogen) atoms. The number of aliphatic hydroxyl groups excluding tert-OH is 3. The Morgan fingerprint density at radius 1 is 0.914 bits per heavy atom. The molecule has 13 nitrogen and oxygen atoms in total. The lowest BCUT2D eigenvalue weighted by molar-refractivity contribution is -0.285. The first-order valence-electron chi connectivity index (χ1n) is 27.2. The highest BCUT2D eigenvalue weighted by atomic mass is 16.7. The van der Waals surface area contributed by atoms with Crippen LogP contribution >= 0.6 is 0 Å². The number of ketones is 1. The number of nitrogens with zero attached hydrogens (tertiary/aromatic N) is 1. The number of nitrogens with one attached hydrogen (secondary N) is 1. The largest absolute Gasteiger partial charge is 0.469 e. The van der Waals surface area contributed by atoms with Crippen molar-refractivity contribution >= 4 is 17.7 Å². The van der Waals surface area contributed by atoms with Crippen LogP contribution in [0.4, 0.5) is 0 Å². The van der Waals surface area contributed by atoms with Crippen LogP contribution in [0.1, 0.15) is 127 Å². The minimum absolute atomic E-state index is 0.0253. The van der Waals surface area contributed by atoms with Gasteiger partial charge in [-0.2, -0.15) is 0 Å². The fraction of sp³-hybridized carbons (Fsp3) is 0.737. The van der Waals surface area contributed by atoms with Crippen LogP contribution in [0.5, 0.6) is 0 Å². The van der Waals surface area contributed by atoms with Gasteiger partial charge in [0.15, 0.2) is 11.9 Å². The number of allylic oxidation sites excluding steroid dienone is 1. The minimum Gasteiger partial charge on any atom is -0.469 e. The molecule has 6 aliphatic heterocycles. The van der Waals surface area contributed by atoms with Crippen LogP contribution < -0.4 is 5.32 Å². The van der Waals surface area contributed by atoms with Crippen molar-refractivity contribution < 1.29 is 53.1 Å². The number of esters is 2. The fourth-order valence-corrected chi connectivity index (χ4v) is 19.5. The van der Waals surface area contributed by atoms with Crippen LogP contribution in [0.3, 0.4) is 0 Å². The zero-order valence-corrected chi connectivity index (χ0v) is 41.3. The molecule has 0 bridgehead atoms. The first kappa shape index (κ1) is 46.2. The number of Topliss-reactive ketones (excluding diaryl/α,β-unsaturated/α-hetero) is 1. The van der Waals surface area contributed by atoms with Gasteiger partial charge in [0.2, 0.25) is 0 Å². The van der Waals surface area contributed by atoms with E-state index in [-0.39, 0.29) is 54.6 Å². The predicted octanol–water partition coefficient (Wildman–Crippen LogP) is 6.61. The second-order valence-electron chi connectivity index (χ2n) is 25.2. The highest BCUT2D eigenvalue weighted by molar-refractivity contribution is 5.93. The maximum Gasteiger partial charge on any atom is 0.339 e. The van der Waals surface area contributed by atoms with E-state index < -0.39 is 75.3 Å². The lowest BCUT2D eigenvalue weighted by atomic mass is 9.32. The Morgan fingerprint density at radius 3 is 2.53 bits per heavy atom. The molecule has 378 valence electrons. The Bertz CT molecular complexity index is 2430. The molecule has 3 spiro atoms. The van der Waals surface area contributed by atoms with Crippen molar-refractivity contribution in [2.45, 2.75) is 165 Å². The first-order chi connectivity index (χ1) is 33.7. The van der Waals surface area contributed by atoms with E-state index in [2.05, 4.69) is 53.7 Å². The quantitative estimate of drug-likeness (QED) is 0.156. The number of fused-ring (bicyclic) bond motifs is 5. The summed E-state index contributed by atoms with van der Waals surface area (Å²) in [5.74, 6) is -0.753. The van der Waals surface area contributed by atoms with E-state index in [4.69, 9.17) is 23.4 Å². The third kappa shape index (κ3) is 6.02. The number of benzene rings is 1. The van der Waals surface area contributed by atoms with Gasteiger partial charge in [-0.05, 0) is 137 Å². The molecule has 5 saturated heterocycles. The zero-order valence-electron chi connectivity index (χ0n) is 41.3. The van der Waals surface area contributed by atoms with Gasteiger partial charge < -0.3 is 43.6 Å². The van der Waals surface area contributed by atoms with Crippen molar-refractivity contribution in [3.8, 4) is 0 Å². The molecule has 7 heterocycles. The van der Waals surface area contributed by atoms with Gasteiger partial charge in [0.05, 0.1) is 48.7 Å². The molecule has 11 aliphatic rings. The summed E-state index contributed by atoms with van der Waals surface area (Å²) in [5, 5.41) is 39.5. The van der Waals surface area contributed by atoms with Gasteiger partial charge >= 0.3 is 11.9 Å². The molecule has 0 amide bonds. The predicted molar refractivity (Wildman–Crippen MR) is 254 cm³/mol. The molecule has 2 aromatic rings. The number of rotatable bonds is 9. The number of cyclic esters (lactones) is 2. The summed E-state index contributed by atoms with van der Waals surface area (Å²) in [6, 6.07) is 12.9. The highest BCUT2D eigenvalue weighted by Crippen LogP contribution is 2.83. The molecule has 5 saturated carbocycles. The monoisotopic (exact) mass is 963 g/mol. The Kier molecular flexibility index (Phi) is 10.7. The van der Waals surface area contributed by atoms with Crippen LogP contribution in [-0.4, -0.2) is 106 Å². The van der Waals surface area contributed by atoms with Crippen molar-refractivity contribution in [3.63, 3.8) is 0 Å². The van der Waals surface area contributed by atoms with E-state index in [1.807, 2.05) is 26.0 Å². The maximum atomic E-state index is 16.0. The summed E-state index contributed by atoms with van der Waals surface area (Å²) < 4.78 is 34.1. The topological polar surface area (TPSA) is 181 Å². The molecule has 5 aliphatic carbocycles. The third-order valence-electron chi connectivity index (χ3n) is 22.0. The van der Waals surface area contributed by atoms with E-state index in [0.717, 1.165) is 77.4 Å². The third-order valence-corrected chi connectivity index (χ3v) is 22.0. The molecular formula is C57H74N2O11. The van der Waals surface area contributed by atoms with Crippen LogP contribution in [0.15, 0.2) is 59.4 Å². The molecule has 13 heteroatoms. The molecule has 1 aromatic carbocycles. The normalized spacial score (nSPS) is 45.8. The van der Waals surface area contributed by atoms with Crippen molar-refractivity contribution in [2.24, 2.45) is 69.0 Å². The number of carbonyl (C=O) groups is 3. The summed E-state index contributed by atoms with van der Waals surface area (Å²) >= 11 is 0. The number of furan rings is 1. The highest BCUT2D eigenvalue weighted by Gasteiger charge is 2.93. The van der Waals surface area contributed by atoms with Crippen molar-refractivity contribution in [1.29, 1.82) is 0 Å². The molecule has 4 N–H and O–H groups in total. The average Bonchev–Trinajstić information content (AvgIpc) is 3.81. The molecule has 0 radical (unpaired) electrons. The number of aliphatic hydroxyl groups is 3. The van der Waals surface area contributed by atoms with E-state index in [1.165, 1.54) is 5.56 Å². The summed E-state index contributed by atoms with van der Waals surface area (Å²) in [6.07, 6.45) is 12.9. The average molecular weight is 963 g/mol. The first-order valence-corrected chi connectivity index (χ1v) is 27.2. The van der Waals surface area contributed by atoms with Crippen molar-refractivity contribution in [2.75, 3.05) is 26.4 Å². The fourth-order valence-electron chi connectivity index (χ4n) is 19.5. The van der Waals surface area contributed by atoms with Crippen LogP contribution in [0, 0.1) is 69.0 Å². The van der Waals surface area contributed by atoms with E-state index in [1.54, 1.807) is 6.26 Å². The zero-order chi connectivity index (χ0) is 48.2. The van der Waals surface area contributed by atoms with E-state index >= 15 is 9.59 Å². The van der Waals surface area contributed by atoms with Gasteiger partial charge in [0, 0.05) is 40.8 Å². The minimum atomic E-state index is -1.48. The number of hydrogen-bond acceptors (Lipinski definition) is 13. The van der Waals surface area contributed by atoms with Crippen molar-refractivity contribution in [3.05, 3.63) is 71.8 Å². The Hall–Kier alpha value is -3.59. The van der Waals surface area contributed by atoms with Gasteiger partial charge in [0.1, 0.15) is 30.2 Å². The number of hydrogen-bond donors (Lipinski definition) is 4. The number of carbonyl (C=O) groups excluding carboxylic acids is 3. The SMILES string of the molecule is CC1(C)O[C@H]2C3(CCCC3)C(=O)OC[C@@]23[C@@H]1C(=O)[C@@H](O)[C@]1([C@H]2CCC[C@H](Cc4ccccc4)C2)[C@@H]3CC[C@@]2(C)[C@H](c3ccoc3C[C@@H]([C@H]3CC[C@H]4[C@H](C=CN5CNC[C@H]45)C3)[C@H](O)CO)OC(=O)[C@H]3O[C@@]312. The molecule has 0 unspecified atom stereocenters. The molecule has 13 rings (SSSR count). The van der Waals surface area contributed by atoms with Crippen LogP contribution in [-0.2, 0) is 46.2 Å². The Labute approximate surface area is 411 Å². The second kappa shape index (κ2) is 16.2. The maximum absolute atomic E-state index is 16.0. The smallest absolute Gasteiger partial charge is 0.339 e. The Balaban J connectivity index is 0.919. The van der Waals surface area contributed by atoms with E-state index in [9.17, 15) is 20.1 Å².